The maximum absolute atomic E-state index is 12.4. The van der Waals surface area contributed by atoms with Gasteiger partial charge in [-0.1, -0.05) is 51.0 Å². The van der Waals surface area contributed by atoms with Gasteiger partial charge in [-0.05, 0) is 43.8 Å². The molecule has 1 aromatic rings. The molecule has 1 fully saturated rings. The van der Waals surface area contributed by atoms with Crippen LogP contribution in [0.1, 0.15) is 55.5 Å². The van der Waals surface area contributed by atoms with Crippen LogP contribution in [-0.4, -0.2) is 18.9 Å². The molecule has 2 nitrogen and oxygen atoms in total. The summed E-state index contributed by atoms with van der Waals surface area (Å²) in [5.41, 5.74) is 2.26. The summed E-state index contributed by atoms with van der Waals surface area (Å²) in [6, 6.07) is 8.35. The predicted octanol–water partition coefficient (Wildman–Crippen LogP) is 3.85. The minimum atomic E-state index is 0.223. The zero-order valence-corrected chi connectivity index (χ0v) is 12.8. The molecule has 1 aromatic carbocycles. The van der Waals surface area contributed by atoms with Gasteiger partial charge in [-0.2, -0.15) is 0 Å². The Morgan fingerprint density at radius 3 is 2.30 bits per heavy atom. The number of hydrogen-bond donors (Lipinski definition) is 1. The molecular weight excluding hydrogens is 246 g/mol. The lowest BCUT2D eigenvalue weighted by molar-refractivity contribution is 0.0895. The van der Waals surface area contributed by atoms with Crippen LogP contribution in [0.5, 0.6) is 0 Å². The lowest BCUT2D eigenvalue weighted by Crippen LogP contribution is -2.31. The van der Waals surface area contributed by atoms with Crippen LogP contribution in [-0.2, 0) is 6.42 Å². The lowest BCUT2D eigenvalue weighted by Gasteiger charge is -2.21. The Morgan fingerprint density at radius 1 is 1.15 bits per heavy atom. The molecular formula is C18H27NO. The zero-order valence-electron chi connectivity index (χ0n) is 12.8. The summed E-state index contributed by atoms with van der Waals surface area (Å²) < 4.78 is 0. The zero-order chi connectivity index (χ0) is 14.4. The largest absolute Gasteiger partial charge is 0.317 e. The number of carbonyl (C=O) groups excluding carboxylic acids is 1. The van der Waals surface area contributed by atoms with Crippen LogP contribution in [0.15, 0.2) is 24.3 Å². The normalized spacial score (nSPS) is 16.6. The molecule has 1 saturated heterocycles. The Hall–Kier alpha value is -1.15. The molecule has 2 rings (SSSR count). The van der Waals surface area contributed by atoms with Crippen molar-refractivity contribution in [2.45, 2.75) is 46.0 Å². The minimum Gasteiger partial charge on any atom is -0.317 e. The number of piperidine rings is 1. The van der Waals surface area contributed by atoms with Crippen molar-refractivity contribution in [3.05, 3.63) is 35.4 Å². The predicted molar refractivity (Wildman–Crippen MR) is 84.1 cm³/mol. The number of ketones is 1. The van der Waals surface area contributed by atoms with Crippen molar-refractivity contribution in [3.8, 4) is 0 Å². The first-order valence-corrected chi connectivity index (χ1v) is 8.08. The van der Waals surface area contributed by atoms with Gasteiger partial charge in [-0.15, -0.1) is 0 Å². The smallest absolute Gasteiger partial charge is 0.166 e. The molecule has 20 heavy (non-hydrogen) atoms. The van der Waals surface area contributed by atoms with E-state index >= 15 is 0 Å². The summed E-state index contributed by atoms with van der Waals surface area (Å²) in [5, 5.41) is 3.31. The molecule has 110 valence electrons. The van der Waals surface area contributed by atoms with Crippen LogP contribution in [0, 0.1) is 11.8 Å². The van der Waals surface area contributed by atoms with Crippen LogP contribution in [0.2, 0.25) is 0 Å². The molecule has 0 aromatic heterocycles. The average molecular weight is 273 g/mol. The van der Waals surface area contributed by atoms with Crippen molar-refractivity contribution in [2.75, 3.05) is 13.1 Å². The van der Waals surface area contributed by atoms with Crippen molar-refractivity contribution in [1.29, 1.82) is 0 Å². The van der Waals surface area contributed by atoms with Crippen molar-refractivity contribution in [2.24, 2.45) is 11.8 Å². The second-order valence-electron chi connectivity index (χ2n) is 5.97. The molecule has 0 bridgehead atoms. The number of benzene rings is 1. The standard InChI is InChI=1S/C18H27NO/c1-3-14(4-2)13-15-5-7-16(8-6-15)18(20)17-9-11-19-12-10-17/h5-8,14,17,19H,3-4,9-13H2,1-2H3. The van der Waals surface area contributed by atoms with E-state index < -0.39 is 0 Å². The van der Waals surface area contributed by atoms with Gasteiger partial charge in [0.1, 0.15) is 0 Å². The van der Waals surface area contributed by atoms with E-state index in [9.17, 15) is 4.79 Å². The van der Waals surface area contributed by atoms with Crippen molar-refractivity contribution in [1.82, 2.24) is 5.32 Å². The first kappa shape index (κ1) is 15.2. The monoisotopic (exact) mass is 273 g/mol. The average Bonchev–Trinajstić information content (AvgIpc) is 2.53. The molecule has 2 heteroatoms. The van der Waals surface area contributed by atoms with Gasteiger partial charge in [0.25, 0.3) is 0 Å². The van der Waals surface area contributed by atoms with E-state index in [0.29, 0.717) is 5.78 Å². The van der Waals surface area contributed by atoms with Crippen molar-refractivity contribution < 1.29 is 4.79 Å². The SMILES string of the molecule is CCC(CC)Cc1ccc(C(=O)C2CCNCC2)cc1. The van der Waals surface area contributed by atoms with E-state index in [-0.39, 0.29) is 5.92 Å². The Balaban J connectivity index is 1.98. The summed E-state index contributed by atoms with van der Waals surface area (Å²) in [6.45, 7) is 6.46. The van der Waals surface area contributed by atoms with Gasteiger partial charge in [-0.3, -0.25) is 4.79 Å². The maximum Gasteiger partial charge on any atom is 0.166 e. The fourth-order valence-electron chi connectivity index (χ4n) is 3.04. The highest BCUT2D eigenvalue weighted by molar-refractivity contribution is 5.97. The Labute approximate surface area is 123 Å². The lowest BCUT2D eigenvalue weighted by atomic mass is 9.88. The van der Waals surface area contributed by atoms with E-state index in [1.807, 2.05) is 12.1 Å². The third-order valence-electron chi connectivity index (χ3n) is 4.63. The highest BCUT2D eigenvalue weighted by atomic mass is 16.1. The van der Waals surface area contributed by atoms with Crippen LogP contribution in [0.25, 0.3) is 0 Å². The van der Waals surface area contributed by atoms with E-state index in [2.05, 4.69) is 31.3 Å². The topological polar surface area (TPSA) is 29.1 Å². The molecule has 1 aliphatic heterocycles. The van der Waals surface area contributed by atoms with E-state index in [4.69, 9.17) is 0 Å². The molecule has 0 spiro atoms. The summed E-state index contributed by atoms with van der Waals surface area (Å²) in [6.07, 6.45) is 5.55. The molecule has 1 N–H and O–H groups in total. The molecule has 0 aliphatic carbocycles. The van der Waals surface area contributed by atoms with Crippen LogP contribution < -0.4 is 5.32 Å². The van der Waals surface area contributed by atoms with E-state index in [0.717, 1.165) is 43.8 Å². The van der Waals surface area contributed by atoms with Gasteiger partial charge in [0.05, 0.1) is 0 Å². The van der Waals surface area contributed by atoms with Gasteiger partial charge in [0, 0.05) is 11.5 Å². The van der Waals surface area contributed by atoms with Crippen LogP contribution >= 0.6 is 0 Å². The number of hydrogen-bond acceptors (Lipinski definition) is 2. The fraction of sp³-hybridized carbons (Fsp3) is 0.611. The highest BCUT2D eigenvalue weighted by Gasteiger charge is 2.21. The van der Waals surface area contributed by atoms with Gasteiger partial charge in [-0.25, -0.2) is 0 Å². The Kier molecular flexibility index (Phi) is 5.78. The van der Waals surface area contributed by atoms with Gasteiger partial charge >= 0.3 is 0 Å². The number of carbonyl (C=O) groups is 1. The molecule has 1 heterocycles. The second kappa shape index (κ2) is 7.58. The quantitative estimate of drug-likeness (QED) is 0.798. The molecule has 0 radical (unpaired) electrons. The first-order chi connectivity index (χ1) is 9.74. The maximum atomic E-state index is 12.4. The molecule has 0 saturated carbocycles. The van der Waals surface area contributed by atoms with E-state index in [1.54, 1.807) is 0 Å². The third-order valence-corrected chi connectivity index (χ3v) is 4.63. The highest BCUT2D eigenvalue weighted by Crippen LogP contribution is 2.20. The molecule has 0 atom stereocenters. The second-order valence-corrected chi connectivity index (χ2v) is 5.97. The summed E-state index contributed by atoms with van der Waals surface area (Å²) in [7, 11) is 0. The molecule has 0 unspecified atom stereocenters. The fourth-order valence-corrected chi connectivity index (χ4v) is 3.04. The van der Waals surface area contributed by atoms with Crippen molar-refractivity contribution in [3.63, 3.8) is 0 Å². The number of rotatable bonds is 6. The number of Topliss-reactive ketones (excluding diaryl/α,β-unsaturated/α-hetero) is 1. The van der Waals surface area contributed by atoms with Gasteiger partial charge in [0.15, 0.2) is 5.78 Å². The molecule has 0 amide bonds. The van der Waals surface area contributed by atoms with Gasteiger partial charge < -0.3 is 5.32 Å². The van der Waals surface area contributed by atoms with Crippen LogP contribution in [0.4, 0.5) is 0 Å². The number of nitrogens with one attached hydrogen (secondary N) is 1. The van der Waals surface area contributed by atoms with E-state index in [1.165, 1.54) is 18.4 Å². The Morgan fingerprint density at radius 2 is 1.75 bits per heavy atom. The molecule has 1 aliphatic rings. The van der Waals surface area contributed by atoms with Gasteiger partial charge in [0.2, 0.25) is 0 Å². The van der Waals surface area contributed by atoms with Crippen LogP contribution in [0.3, 0.4) is 0 Å². The minimum absolute atomic E-state index is 0.223. The summed E-state index contributed by atoms with van der Waals surface area (Å²) in [5.74, 6) is 1.32. The Bertz CT molecular complexity index is 414. The van der Waals surface area contributed by atoms with Crippen molar-refractivity contribution >= 4 is 5.78 Å². The first-order valence-electron chi connectivity index (χ1n) is 8.08. The summed E-state index contributed by atoms with van der Waals surface area (Å²) in [4.78, 5) is 12.4. The summed E-state index contributed by atoms with van der Waals surface area (Å²) >= 11 is 0. The third kappa shape index (κ3) is 3.92.